The summed E-state index contributed by atoms with van der Waals surface area (Å²) in [6, 6.07) is 11.5. The summed E-state index contributed by atoms with van der Waals surface area (Å²) >= 11 is 6.41. The van der Waals surface area contributed by atoms with Crippen molar-refractivity contribution in [2.24, 2.45) is 7.05 Å². The number of piperazine rings is 1. The molecule has 31 heavy (non-hydrogen) atoms. The first-order valence-electron chi connectivity index (χ1n) is 9.95. The minimum absolute atomic E-state index is 0.163. The van der Waals surface area contributed by atoms with Crippen molar-refractivity contribution in [2.45, 2.75) is 25.8 Å². The Kier molecular flexibility index (Phi) is 5.09. The van der Waals surface area contributed by atoms with Gasteiger partial charge < -0.3 is 14.4 Å². The minimum atomic E-state index is -0.991. The number of aromatic nitrogens is 3. The Hall–Kier alpha value is -3.19. The molecule has 0 spiro atoms. The molecule has 1 unspecified atom stereocenters. The maximum atomic E-state index is 13.4. The molecular formula is C23H24ClN5O2. The second-order valence-electron chi connectivity index (χ2n) is 8.12. The van der Waals surface area contributed by atoms with Crippen LogP contribution in [0.2, 0.25) is 5.15 Å². The Morgan fingerprint density at radius 1 is 1.10 bits per heavy atom. The van der Waals surface area contributed by atoms with Gasteiger partial charge in [-0.05, 0) is 31.6 Å². The van der Waals surface area contributed by atoms with E-state index in [-0.39, 0.29) is 22.7 Å². The van der Waals surface area contributed by atoms with E-state index in [2.05, 4.69) is 9.97 Å². The van der Waals surface area contributed by atoms with Crippen LogP contribution in [0.25, 0.3) is 17.2 Å². The summed E-state index contributed by atoms with van der Waals surface area (Å²) in [6.07, 6.45) is 2.03. The van der Waals surface area contributed by atoms with Crippen LogP contribution in [-0.2, 0) is 23.1 Å². The Morgan fingerprint density at radius 2 is 1.77 bits per heavy atom. The summed E-state index contributed by atoms with van der Waals surface area (Å²) in [7, 11) is 5.15. The van der Waals surface area contributed by atoms with Crippen LogP contribution in [0.15, 0.2) is 42.1 Å². The van der Waals surface area contributed by atoms with E-state index in [4.69, 9.17) is 11.6 Å². The number of pyridine rings is 1. The molecule has 1 fully saturated rings. The monoisotopic (exact) mass is 437 g/mol. The van der Waals surface area contributed by atoms with Gasteiger partial charge in [-0.1, -0.05) is 41.9 Å². The van der Waals surface area contributed by atoms with Crippen LogP contribution in [0.1, 0.15) is 23.9 Å². The average Bonchev–Trinajstić information content (AvgIpc) is 3.02. The first kappa shape index (κ1) is 21.1. The molecule has 0 bridgehead atoms. The van der Waals surface area contributed by atoms with E-state index >= 15 is 0 Å². The van der Waals surface area contributed by atoms with Crippen molar-refractivity contribution >= 4 is 40.7 Å². The lowest BCUT2D eigenvalue weighted by molar-refractivity contribution is -0.155. The number of halogens is 1. The highest BCUT2D eigenvalue weighted by Gasteiger charge is 2.48. The number of benzene rings is 1. The molecule has 1 atom stereocenters. The van der Waals surface area contributed by atoms with Gasteiger partial charge in [-0.15, -0.1) is 0 Å². The van der Waals surface area contributed by atoms with Gasteiger partial charge in [0.15, 0.2) is 5.65 Å². The number of likely N-dealkylation sites (N-methyl/N-ethyl adjacent to an activating group) is 2. The third-order valence-corrected chi connectivity index (χ3v) is 6.43. The number of nitrogens with zero attached hydrogens (tertiary/aromatic N) is 5. The second-order valence-corrected chi connectivity index (χ2v) is 8.48. The topological polar surface area (TPSA) is 71.3 Å². The van der Waals surface area contributed by atoms with E-state index in [1.54, 1.807) is 33.2 Å². The van der Waals surface area contributed by atoms with Gasteiger partial charge in [0.2, 0.25) is 0 Å². The lowest BCUT2D eigenvalue weighted by Crippen LogP contribution is -2.64. The number of hydrogen-bond donors (Lipinski definition) is 0. The number of amides is 2. The van der Waals surface area contributed by atoms with Gasteiger partial charge in [0.05, 0.1) is 0 Å². The van der Waals surface area contributed by atoms with Crippen molar-refractivity contribution in [3.8, 4) is 0 Å². The van der Waals surface area contributed by atoms with E-state index in [9.17, 15) is 9.59 Å². The standard InChI is InChI=1S/C23H24ClN5O2/c1-14-25-17-11-16(19(24)26-20(17)27(14)3)12-18-21(30)29(5)23(2,22(31)28(18)4)13-15-9-7-6-8-10-15/h6-12H,13H2,1-5H3/b18-12-. The summed E-state index contributed by atoms with van der Waals surface area (Å²) in [5.41, 5.74) is 2.12. The molecule has 0 radical (unpaired) electrons. The SMILES string of the molecule is Cc1nc2cc(/C=C3/C(=O)N(C)C(C)(Cc4ccccc4)C(=O)N3C)c(Cl)nc2n1C. The quantitative estimate of drug-likeness (QED) is 0.466. The normalized spacial score (nSPS) is 20.9. The van der Waals surface area contributed by atoms with Gasteiger partial charge in [-0.3, -0.25) is 9.59 Å². The summed E-state index contributed by atoms with van der Waals surface area (Å²) < 4.78 is 1.85. The molecule has 3 aromatic rings. The Morgan fingerprint density at radius 3 is 2.45 bits per heavy atom. The first-order chi connectivity index (χ1) is 14.6. The lowest BCUT2D eigenvalue weighted by Gasteiger charge is -2.45. The molecule has 2 amide bonds. The summed E-state index contributed by atoms with van der Waals surface area (Å²) in [4.78, 5) is 38.5. The van der Waals surface area contributed by atoms with Gasteiger partial charge in [0.1, 0.15) is 27.7 Å². The average molecular weight is 438 g/mol. The molecule has 1 aromatic carbocycles. The van der Waals surface area contributed by atoms with E-state index in [1.165, 1.54) is 9.80 Å². The fourth-order valence-electron chi connectivity index (χ4n) is 3.97. The van der Waals surface area contributed by atoms with E-state index in [0.29, 0.717) is 23.1 Å². The fourth-order valence-corrected chi connectivity index (χ4v) is 4.16. The predicted molar refractivity (Wildman–Crippen MR) is 120 cm³/mol. The molecule has 3 heterocycles. The van der Waals surface area contributed by atoms with E-state index in [1.807, 2.05) is 48.9 Å². The maximum Gasteiger partial charge on any atom is 0.271 e. The Labute approximate surface area is 185 Å². The van der Waals surface area contributed by atoms with Crippen LogP contribution in [0.5, 0.6) is 0 Å². The van der Waals surface area contributed by atoms with Gasteiger partial charge >= 0.3 is 0 Å². The minimum Gasteiger partial charge on any atom is -0.326 e. The van der Waals surface area contributed by atoms with Crippen molar-refractivity contribution < 1.29 is 9.59 Å². The number of imidazole rings is 1. The van der Waals surface area contributed by atoms with Crippen LogP contribution in [0.4, 0.5) is 0 Å². The molecule has 0 saturated carbocycles. The molecule has 8 heteroatoms. The molecule has 2 aromatic heterocycles. The smallest absolute Gasteiger partial charge is 0.271 e. The molecule has 1 aliphatic heterocycles. The summed E-state index contributed by atoms with van der Waals surface area (Å²) in [5.74, 6) is 0.387. The number of carbonyl (C=O) groups excluding carboxylic acids is 2. The van der Waals surface area contributed by atoms with Crippen LogP contribution >= 0.6 is 11.6 Å². The van der Waals surface area contributed by atoms with Gasteiger partial charge in [-0.2, -0.15) is 0 Å². The molecule has 1 aliphatic rings. The van der Waals surface area contributed by atoms with Crippen LogP contribution in [-0.4, -0.2) is 55.8 Å². The van der Waals surface area contributed by atoms with Gasteiger partial charge in [0, 0.05) is 33.1 Å². The highest BCUT2D eigenvalue weighted by molar-refractivity contribution is 6.31. The highest BCUT2D eigenvalue weighted by atomic mass is 35.5. The van der Waals surface area contributed by atoms with Gasteiger partial charge in [-0.25, -0.2) is 9.97 Å². The molecule has 1 saturated heterocycles. The van der Waals surface area contributed by atoms with Crippen LogP contribution < -0.4 is 0 Å². The first-order valence-corrected chi connectivity index (χ1v) is 10.3. The van der Waals surface area contributed by atoms with Gasteiger partial charge in [0.25, 0.3) is 11.8 Å². The Bertz CT molecular complexity index is 1230. The van der Waals surface area contributed by atoms with Crippen molar-refractivity contribution in [3.63, 3.8) is 0 Å². The third kappa shape index (κ3) is 3.39. The zero-order valence-electron chi connectivity index (χ0n) is 18.2. The largest absolute Gasteiger partial charge is 0.326 e. The molecule has 4 rings (SSSR count). The molecular weight excluding hydrogens is 414 g/mol. The molecule has 0 aliphatic carbocycles. The van der Waals surface area contributed by atoms with E-state index < -0.39 is 5.54 Å². The maximum absolute atomic E-state index is 13.4. The number of aryl methyl sites for hydroxylation is 2. The third-order valence-electron chi connectivity index (χ3n) is 6.12. The van der Waals surface area contributed by atoms with Crippen LogP contribution in [0, 0.1) is 6.92 Å². The van der Waals surface area contributed by atoms with Crippen molar-refractivity contribution in [1.29, 1.82) is 0 Å². The predicted octanol–water partition coefficient (Wildman–Crippen LogP) is 3.20. The number of carbonyl (C=O) groups is 2. The van der Waals surface area contributed by atoms with Crippen molar-refractivity contribution in [3.05, 3.63) is 64.2 Å². The highest BCUT2D eigenvalue weighted by Crippen LogP contribution is 2.32. The zero-order valence-corrected chi connectivity index (χ0v) is 18.9. The lowest BCUT2D eigenvalue weighted by atomic mass is 9.87. The summed E-state index contributed by atoms with van der Waals surface area (Å²) in [6.45, 7) is 3.68. The Balaban J connectivity index is 1.74. The van der Waals surface area contributed by atoms with Crippen LogP contribution in [0.3, 0.4) is 0 Å². The zero-order chi connectivity index (χ0) is 22.5. The van der Waals surface area contributed by atoms with Crippen molar-refractivity contribution in [2.75, 3.05) is 14.1 Å². The number of fused-ring (bicyclic) bond motifs is 1. The molecule has 160 valence electrons. The summed E-state index contributed by atoms with van der Waals surface area (Å²) in [5, 5.41) is 0.247. The second kappa shape index (κ2) is 7.50. The van der Waals surface area contributed by atoms with Crippen molar-refractivity contribution in [1.82, 2.24) is 24.3 Å². The molecule has 7 nitrogen and oxygen atoms in total. The van der Waals surface area contributed by atoms with E-state index in [0.717, 1.165) is 11.4 Å². The number of hydrogen-bond acceptors (Lipinski definition) is 4. The molecule has 0 N–H and O–H groups in total. The number of rotatable bonds is 3. The fraction of sp³-hybridized carbons (Fsp3) is 0.304.